The van der Waals surface area contributed by atoms with E-state index in [-0.39, 0.29) is 5.91 Å². The third-order valence-corrected chi connectivity index (χ3v) is 5.74. The normalized spacial score (nSPS) is 11.2. The summed E-state index contributed by atoms with van der Waals surface area (Å²) in [5.41, 5.74) is 3.52. The topological polar surface area (TPSA) is 68.8 Å². The third-order valence-electron chi connectivity index (χ3n) is 4.73. The summed E-state index contributed by atoms with van der Waals surface area (Å²) in [6.07, 6.45) is 3.61. The fraction of sp³-hybridized carbons (Fsp3) is 0.0909. The van der Waals surface area contributed by atoms with E-state index in [4.69, 9.17) is 14.1 Å². The molecule has 5 aromatic rings. The number of rotatable bonds is 5. The molecule has 0 atom stereocenters. The summed E-state index contributed by atoms with van der Waals surface area (Å²) >= 11 is 1.56. The van der Waals surface area contributed by atoms with Crippen molar-refractivity contribution in [3.63, 3.8) is 0 Å². The zero-order valence-electron chi connectivity index (χ0n) is 15.6. The number of hydrogen-bond acceptors (Lipinski definition) is 5. The highest BCUT2D eigenvalue weighted by Crippen LogP contribution is 2.31. The number of methoxy groups -OCH3 is 1. The van der Waals surface area contributed by atoms with Crippen molar-refractivity contribution < 1.29 is 13.9 Å². The Hall–Kier alpha value is -3.58. The maximum absolute atomic E-state index is 12.5. The van der Waals surface area contributed by atoms with Gasteiger partial charge >= 0.3 is 0 Å². The molecule has 0 aliphatic carbocycles. The number of carbonyl (C=O) groups is 1. The largest absolute Gasteiger partial charge is 0.497 e. The van der Waals surface area contributed by atoms with Crippen LogP contribution < -0.4 is 10.1 Å². The number of amides is 1. The second kappa shape index (κ2) is 7.10. The number of ether oxygens (including phenoxy) is 1. The van der Waals surface area contributed by atoms with Gasteiger partial charge in [0.05, 0.1) is 35.8 Å². The molecule has 144 valence electrons. The first-order chi connectivity index (χ1) is 14.2. The maximum Gasteiger partial charge on any atom is 0.251 e. The van der Waals surface area contributed by atoms with Crippen molar-refractivity contribution in [2.24, 2.45) is 0 Å². The lowest BCUT2D eigenvalue weighted by Crippen LogP contribution is -2.22. The molecule has 0 radical (unpaired) electrons. The van der Waals surface area contributed by atoms with Crippen LogP contribution in [0.5, 0.6) is 5.75 Å². The monoisotopic (exact) mass is 403 g/mol. The Morgan fingerprint density at radius 2 is 2.14 bits per heavy atom. The second-order valence-corrected chi connectivity index (χ2v) is 7.57. The van der Waals surface area contributed by atoms with E-state index >= 15 is 0 Å². The van der Waals surface area contributed by atoms with Crippen molar-refractivity contribution in [1.82, 2.24) is 14.7 Å². The number of aromatic nitrogens is 2. The van der Waals surface area contributed by atoms with Gasteiger partial charge < -0.3 is 14.5 Å². The Balaban J connectivity index is 1.44. The lowest BCUT2D eigenvalue weighted by Gasteiger charge is -2.03. The van der Waals surface area contributed by atoms with Crippen LogP contribution >= 0.6 is 11.3 Å². The van der Waals surface area contributed by atoms with Gasteiger partial charge in [0.15, 0.2) is 4.96 Å². The summed E-state index contributed by atoms with van der Waals surface area (Å²) in [6, 6.07) is 17.2. The van der Waals surface area contributed by atoms with E-state index in [9.17, 15) is 4.79 Å². The van der Waals surface area contributed by atoms with Crippen LogP contribution in [0, 0.1) is 0 Å². The van der Waals surface area contributed by atoms with Crippen LogP contribution in [0.4, 0.5) is 0 Å². The molecule has 0 spiro atoms. The van der Waals surface area contributed by atoms with Crippen molar-refractivity contribution in [3.05, 3.63) is 78.4 Å². The summed E-state index contributed by atoms with van der Waals surface area (Å²) in [6.45, 7) is 0.363. The molecule has 3 aromatic heterocycles. The van der Waals surface area contributed by atoms with Crippen molar-refractivity contribution >= 4 is 32.4 Å². The third kappa shape index (κ3) is 3.25. The maximum atomic E-state index is 12.5. The Bertz CT molecular complexity index is 1320. The zero-order chi connectivity index (χ0) is 19.8. The van der Waals surface area contributed by atoms with Crippen molar-refractivity contribution in [2.45, 2.75) is 6.54 Å². The molecule has 0 bridgehead atoms. The highest BCUT2D eigenvalue weighted by molar-refractivity contribution is 7.23. The van der Waals surface area contributed by atoms with Crippen LogP contribution in [-0.4, -0.2) is 22.4 Å². The summed E-state index contributed by atoms with van der Waals surface area (Å²) in [7, 11) is 1.65. The second-order valence-electron chi connectivity index (χ2n) is 6.56. The fourth-order valence-electron chi connectivity index (χ4n) is 3.25. The summed E-state index contributed by atoms with van der Waals surface area (Å²) < 4.78 is 13.6. The van der Waals surface area contributed by atoms with Crippen LogP contribution in [0.3, 0.4) is 0 Å². The summed E-state index contributed by atoms with van der Waals surface area (Å²) in [5, 5.41) is 2.87. The van der Waals surface area contributed by atoms with Gasteiger partial charge in [0, 0.05) is 17.3 Å². The average molecular weight is 403 g/mol. The molecule has 6 nitrogen and oxygen atoms in total. The van der Waals surface area contributed by atoms with E-state index in [2.05, 4.69) is 9.72 Å². The number of nitrogens with one attached hydrogen (secondary N) is 1. The van der Waals surface area contributed by atoms with Crippen LogP contribution in [-0.2, 0) is 6.54 Å². The van der Waals surface area contributed by atoms with Gasteiger partial charge in [-0.05, 0) is 42.5 Å². The predicted molar refractivity (Wildman–Crippen MR) is 112 cm³/mol. The number of carbonyl (C=O) groups excluding carboxylic acids is 1. The van der Waals surface area contributed by atoms with E-state index in [1.807, 2.05) is 54.7 Å². The highest BCUT2D eigenvalue weighted by Gasteiger charge is 2.13. The van der Waals surface area contributed by atoms with E-state index in [1.54, 1.807) is 30.8 Å². The molecule has 0 aliphatic heterocycles. The van der Waals surface area contributed by atoms with Gasteiger partial charge in [-0.25, -0.2) is 4.98 Å². The summed E-state index contributed by atoms with van der Waals surface area (Å²) in [4.78, 5) is 18.1. The van der Waals surface area contributed by atoms with Gasteiger partial charge in [-0.15, -0.1) is 0 Å². The van der Waals surface area contributed by atoms with Gasteiger partial charge in [0.2, 0.25) is 0 Å². The van der Waals surface area contributed by atoms with Gasteiger partial charge in [-0.3, -0.25) is 9.20 Å². The average Bonchev–Trinajstić information content (AvgIpc) is 3.47. The molecule has 3 heterocycles. The summed E-state index contributed by atoms with van der Waals surface area (Å²) in [5.74, 6) is 1.39. The van der Waals surface area contributed by atoms with Crippen LogP contribution in [0.2, 0.25) is 0 Å². The van der Waals surface area contributed by atoms with Gasteiger partial charge in [-0.1, -0.05) is 23.5 Å². The quantitative estimate of drug-likeness (QED) is 0.460. The van der Waals surface area contributed by atoms with Crippen LogP contribution in [0.1, 0.15) is 16.1 Å². The number of hydrogen-bond donors (Lipinski definition) is 1. The minimum absolute atomic E-state index is 0.133. The Kier molecular flexibility index (Phi) is 4.29. The van der Waals surface area contributed by atoms with Crippen molar-refractivity contribution in [3.8, 4) is 17.0 Å². The number of furan rings is 1. The number of nitrogens with zero attached hydrogens (tertiary/aromatic N) is 2. The molecule has 0 aliphatic rings. The first-order valence-electron chi connectivity index (χ1n) is 9.08. The van der Waals surface area contributed by atoms with E-state index in [1.165, 1.54) is 0 Å². The molecule has 5 rings (SSSR count). The minimum atomic E-state index is -0.133. The smallest absolute Gasteiger partial charge is 0.251 e. The number of imidazole rings is 1. The van der Waals surface area contributed by atoms with Crippen LogP contribution in [0.25, 0.3) is 26.4 Å². The molecule has 1 N–H and O–H groups in total. The van der Waals surface area contributed by atoms with Crippen LogP contribution in [0.15, 0.2) is 71.5 Å². The molecule has 0 saturated carbocycles. The number of benzene rings is 2. The molecule has 0 unspecified atom stereocenters. The number of thiazole rings is 1. The number of fused-ring (bicyclic) bond motifs is 3. The molecule has 1 amide bonds. The van der Waals surface area contributed by atoms with E-state index in [0.717, 1.165) is 37.9 Å². The molecule has 7 heteroatoms. The fourth-order valence-corrected chi connectivity index (χ4v) is 4.29. The lowest BCUT2D eigenvalue weighted by atomic mass is 10.1. The lowest BCUT2D eigenvalue weighted by molar-refractivity contribution is 0.0948. The van der Waals surface area contributed by atoms with Crippen molar-refractivity contribution in [2.75, 3.05) is 7.11 Å². The molecule has 29 heavy (non-hydrogen) atoms. The Labute approximate surface area is 170 Å². The Morgan fingerprint density at radius 3 is 2.97 bits per heavy atom. The highest BCUT2D eigenvalue weighted by atomic mass is 32.1. The first-order valence-corrected chi connectivity index (χ1v) is 9.89. The van der Waals surface area contributed by atoms with Gasteiger partial charge in [-0.2, -0.15) is 0 Å². The van der Waals surface area contributed by atoms with Gasteiger partial charge in [0.25, 0.3) is 5.91 Å². The molecule has 2 aromatic carbocycles. The molecular formula is C22H17N3O3S. The van der Waals surface area contributed by atoms with E-state index in [0.29, 0.717) is 12.1 Å². The van der Waals surface area contributed by atoms with E-state index < -0.39 is 0 Å². The molecule has 0 saturated heterocycles. The SMILES string of the molecule is COc1cccc(-c2cn3c(n2)sc2cc(C(=O)NCc4ccco4)ccc23)c1. The predicted octanol–water partition coefficient (Wildman–Crippen LogP) is 4.75. The zero-order valence-corrected chi connectivity index (χ0v) is 16.4. The molecule has 0 fully saturated rings. The Morgan fingerprint density at radius 1 is 1.21 bits per heavy atom. The molecular weight excluding hydrogens is 386 g/mol. The first kappa shape index (κ1) is 17.5. The standard InChI is InChI=1S/C22H17N3O3S/c1-27-16-5-2-4-14(10-16)18-13-25-19-8-7-15(11-20(19)29-22(25)24-18)21(26)23-12-17-6-3-9-28-17/h2-11,13H,12H2,1H3,(H,23,26). The van der Waals surface area contributed by atoms with Gasteiger partial charge in [0.1, 0.15) is 11.5 Å². The minimum Gasteiger partial charge on any atom is -0.497 e. The van der Waals surface area contributed by atoms with Crippen molar-refractivity contribution in [1.29, 1.82) is 0 Å².